The van der Waals surface area contributed by atoms with Crippen LogP contribution in [0.4, 0.5) is 0 Å². The van der Waals surface area contributed by atoms with Gasteiger partial charge in [0.05, 0.1) is 11.7 Å². The fraction of sp³-hybridized carbons (Fsp3) is 0.786. The van der Waals surface area contributed by atoms with Gasteiger partial charge in [-0.1, -0.05) is 19.8 Å². The zero-order valence-corrected chi connectivity index (χ0v) is 11.5. The lowest BCUT2D eigenvalue weighted by Gasteiger charge is -2.28. The van der Waals surface area contributed by atoms with Crippen LogP contribution in [0.3, 0.4) is 0 Å². The maximum Gasteiger partial charge on any atom is 0.0644 e. The monoisotopic (exact) mass is 235 g/mol. The Kier molecular flexibility index (Phi) is 3.57. The van der Waals surface area contributed by atoms with E-state index < -0.39 is 0 Å². The molecule has 3 nitrogen and oxygen atoms in total. The van der Waals surface area contributed by atoms with Gasteiger partial charge in [0.1, 0.15) is 0 Å². The Morgan fingerprint density at radius 1 is 1.35 bits per heavy atom. The van der Waals surface area contributed by atoms with Gasteiger partial charge in [0.15, 0.2) is 0 Å². The summed E-state index contributed by atoms with van der Waals surface area (Å²) in [5.74, 6) is 0.830. The topological polar surface area (TPSA) is 43.8 Å². The van der Waals surface area contributed by atoms with Crippen molar-refractivity contribution in [1.29, 1.82) is 0 Å². The summed E-state index contributed by atoms with van der Waals surface area (Å²) in [6.07, 6.45) is 5.23. The zero-order valence-electron chi connectivity index (χ0n) is 11.5. The molecule has 1 aliphatic carbocycles. The minimum atomic E-state index is 0.0877. The molecule has 0 saturated heterocycles. The number of aryl methyl sites for hydroxylation is 1. The molecule has 1 saturated carbocycles. The SMILES string of the molecule is Cc1nn(C2CCCC(C)C2)c(C)c1C(C)N. The van der Waals surface area contributed by atoms with Crippen LogP contribution in [-0.4, -0.2) is 9.78 Å². The molecule has 17 heavy (non-hydrogen) atoms. The average Bonchev–Trinajstić information content (AvgIpc) is 2.54. The van der Waals surface area contributed by atoms with Gasteiger partial charge in [0.25, 0.3) is 0 Å². The highest BCUT2D eigenvalue weighted by atomic mass is 15.3. The van der Waals surface area contributed by atoms with Crippen molar-refractivity contribution >= 4 is 0 Å². The molecular weight excluding hydrogens is 210 g/mol. The van der Waals surface area contributed by atoms with Gasteiger partial charge in [-0.15, -0.1) is 0 Å². The van der Waals surface area contributed by atoms with E-state index in [0.29, 0.717) is 6.04 Å². The summed E-state index contributed by atoms with van der Waals surface area (Å²) >= 11 is 0. The highest BCUT2D eigenvalue weighted by Gasteiger charge is 2.24. The van der Waals surface area contributed by atoms with E-state index >= 15 is 0 Å². The Hall–Kier alpha value is -0.830. The van der Waals surface area contributed by atoms with Crippen molar-refractivity contribution in [2.24, 2.45) is 11.7 Å². The number of hydrogen-bond acceptors (Lipinski definition) is 2. The molecule has 0 aliphatic heterocycles. The van der Waals surface area contributed by atoms with Crippen LogP contribution in [0.1, 0.15) is 68.6 Å². The van der Waals surface area contributed by atoms with E-state index in [-0.39, 0.29) is 6.04 Å². The highest BCUT2D eigenvalue weighted by molar-refractivity contribution is 5.27. The van der Waals surface area contributed by atoms with Gasteiger partial charge in [-0.3, -0.25) is 4.68 Å². The van der Waals surface area contributed by atoms with Crippen LogP contribution in [0.2, 0.25) is 0 Å². The third kappa shape index (κ3) is 2.39. The molecule has 3 heteroatoms. The van der Waals surface area contributed by atoms with Gasteiger partial charge >= 0.3 is 0 Å². The molecule has 1 aromatic rings. The van der Waals surface area contributed by atoms with E-state index in [4.69, 9.17) is 10.8 Å². The van der Waals surface area contributed by atoms with Crippen molar-refractivity contribution in [2.75, 3.05) is 0 Å². The normalized spacial score (nSPS) is 27.1. The minimum absolute atomic E-state index is 0.0877. The summed E-state index contributed by atoms with van der Waals surface area (Å²) in [6, 6.07) is 0.676. The summed E-state index contributed by atoms with van der Waals surface area (Å²) in [5, 5.41) is 4.73. The van der Waals surface area contributed by atoms with Gasteiger partial charge < -0.3 is 5.73 Å². The Morgan fingerprint density at radius 3 is 2.59 bits per heavy atom. The summed E-state index contributed by atoms with van der Waals surface area (Å²) in [6.45, 7) is 8.64. The first-order valence-electron chi connectivity index (χ1n) is 6.82. The quantitative estimate of drug-likeness (QED) is 0.855. The van der Waals surface area contributed by atoms with E-state index in [9.17, 15) is 0 Å². The predicted octanol–water partition coefficient (Wildman–Crippen LogP) is 3.27. The molecule has 0 bridgehead atoms. The second-order valence-electron chi connectivity index (χ2n) is 5.74. The van der Waals surface area contributed by atoms with Crippen LogP contribution in [0.25, 0.3) is 0 Å². The van der Waals surface area contributed by atoms with Crippen molar-refractivity contribution in [3.05, 3.63) is 17.0 Å². The molecule has 0 amide bonds. The maximum absolute atomic E-state index is 6.03. The third-order valence-electron chi connectivity index (χ3n) is 4.09. The molecule has 1 fully saturated rings. The predicted molar refractivity (Wildman–Crippen MR) is 71.0 cm³/mol. The largest absolute Gasteiger partial charge is 0.324 e. The number of hydrogen-bond donors (Lipinski definition) is 1. The van der Waals surface area contributed by atoms with Crippen LogP contribution in [-0.2, 0) is 0 Å². The molecule has 0 spiro atoms. The second kappa shape index (κ2) is 4.81. The molecule has 1 aliphatic rings. The van der Waals surface area contributed by atoms with Crippen molar-refractivity contribution in [3.63, 3.8) is 0 Å². The fourth-order valence-electron chi connectivity index (χ4n) is 3.31. The Balaban J connectivity index is 2.29. The Bertz CT molecular complexity index is 392. The number of nitrogens with zero attached hydrogens (tertiary/aromatic N) is 2. The van der Waals surface area contributed by atoms with Crippen LogP contribution in [0.15, 0.2) is 0 Å². The zero-order chi connectivity index (χ0) is 12.6. The molecule has 3 atom stereocenters. The first kappa shape index (κ1) is 12.6. The Labute approximate surface area is 104 Å². The van der Waals surface area contributed by atoms with Gasteiger partial charge in [0.2, 0.25) is 0 Å². The number of aromatic nitrogens is 2. The molecule has 1 heterocycles. The van der Waals surface area contributed by atoms with Crippen molar-refractivity contribution in [1.82, 2.24) is 9.78 Å². The van der Waals surface area contributed by atoms with Crippen LogP contribution in [0, 0.1) is 19.8 Å². The van der Waals surface area contributed by atoms with Gasteiger partial charge in [-0.2, -0.15) is 5.10 Å². The summed E-state index contributed by atoms with van der Waals surface area (Å²) in [5.41, 5.74) is 9.65. The van der Waals surface area contributed by atoms with E-state index in [1.165, 1.54) is 36.9 Å². The molecule has 2 N–H and O–H groups in total. The van der Waals surface area contributed by atoms with Gasteiger partial charge in [-0.05, 0) is 39.5 Å². The molecule has 1 aromatic heterocycles. The van der Waals surface area contributed by atoms with Crippen molar-refractivity contribution in [3.8, 4) is 0 Å². The third-order valence-corrected chi connectivity index (χ3v) is 4.09. The van der Waals surface area contributed by atoms with Gasteiger partial charge in [-0.25, -0.2) is 0 Å². The maximum atomic E-state index is 6.03. The lowest BCUT2D eigenvalue weighted by Crippen LogP contribution is -2.20. The van der Waals surface area contributed by atoms with Crippen LogP contribution < -0.4 is 5.73 Å². The smallest absolute Gasteiger partial charge is 0.0644 e. The molecule has 3 unspecified atom stereocenters. The number of nitrogens with two attached hydrogens (primary N) is 1. The standard InChI is InChI=1S/C14H25N3/c1-9-6-5-7-13(8-9)17-12(4)14(10(2)15)11(3)16-17/h9-10,13H,5-8,15H2,1-4H3. The fourth-order valence-corrected chi connectivity index (χ4v) is 3.31. The van der Waals surface area contributed by atoms with E-state index in [1.807, 2.05) is 6.92 Å². The van der Waals surface area contributed by atoms with E-state index in [2.05, 4.69) is 25.5 Å². The summed E-state index contributed by atoms with van der Waals surface area (Å²) < 4.78 is 2.24. The van der Waals surface area contributed by atoms with E-state index in [0.717, 1.165) is 11.6 Å². The molecule has 96 valence electrons. The summed E-state index contributed by atoms with van der Waals surface area (Å²) in [4.78, 5) is 0. The van der Waals surface area contributed by atoms with E-state index in [1.54, 1.807) is 0 Å². The second-order valence-corrected chi connectivity index (χ2v) is 5.74. The summed E-state index contributed by atoms with van der Waals surface area (Å²) in [7, 11) is 0. The molecule has 0 radical (unpaired) electrons. The lowest BCUT2D eigenvalue weighted by molar-refractivity contribution is 0.263. The first-order chi connectivity index (χ1) is 8.00. The Morgan fingerprint density at radius 2 is 2.06 bits per heavy atom. The highest BCUT2D eigenvalue weighted by Crippen LogP contribution is 2.34. The van der Waals surface area contributed by atoms with Crippen LogP contribution in [0.5, 0.6) is 0 Å². The lowest BCUT2D eigenvalue weighted by atomic mass is 9.87. The first-order valence-corrected chi connectivity index (χ1v) is 6.82. The van der Waals surface area contributed by atoms with Crippen molar-refractivity contribution < 1.29 is 0 Å². The average molecular weight is 235 g/mol. The molecular formula is C14H25N3. The minimum Gasteiger partial charge on any atom is -0.324 e. The molecule has 2 rings (SSSR count). The van der Waals surface area contributed by atoms with Crippen molar-refractivity contribution in [2.45, 2.75) is 65.5 Å². The molecule has 0 aromatic carbocycles. The van der Waals surface area contributed by atoms with Crippen LogP contribution >= 0.6 is 0 Å². The number of rotatable bonds is 2. The van der Waals surface area contributed by atoms with Gasteiger partial charge in [0, 0.05) is 17.3 Å².